The summed E-state index contributed by atoms with van der Waals surface area (Å²) in [7, 11) is 0. The number of rotatable bonds is 4. The number of benzene rings is 1. The minimum Gasteiger partial charge on any atom is -0.465 e. The number of esters is 1. The largest absolute Gasteiger partial charge is 0.465 e. The molecule has 88 valence electrons. The van der Waals surface area contributed by atoms with E-state index in [0.29, 0.717) is 10.0 Å². The minimum atomic E-state index is -0.823. The van der Waals surface area contributed by atoms with E-state index in [-0.39, 0.29) is 18.8 Å². The molecule has 1 atom stereocenters. The number of hydrogen-bond donors (Lipinski definition) is 1. The second kappa shape index (κ2) is 5.96. The Balaban J connectivity index is 2.69. The van der Waals surface area contributed by atoms with Crippen molar-refractivity contribution in [1.29, 1.82) is 0 Å². The summed E-state index contributed by atoms with van der Waals surface area (Å²) in [6.07, 6.45) is 0.137. The van der Waals surface area contributed by atoms with Gasteiger partial charge >= 0.3 is 5.97 Å². The van der Waals surface area contributed by atoms with Gasteiger partial charge in [-0.05, 0) is 24.6 Å². The van der Waals surface area contributed by atoms with Gasteiger partial charge in [-0.25, -0.2) is 4.39 Å². The van der Waals surface area contributed by atoms with Crippen LogP contribution < -0.4 is 5.73 Å². The van der Waals surface area contributed by atoms with Gasteiger partial charge in [0, 0.05) is 10.9 Å². The van der Waals surface area contributed by atoms with Crippen LogP contribution in [-0.4, -0.2) is 18.6 Å². The van der Waals surface area contributed by atoms with Gasteiger partial charge in [-0.15, -0.1) is 0 Å². The Hall–Kier alpha value is -0.940. The second-order valence-electron chi connectivity index (χ2n) is 3.30. The summed E-state index contributed by atoms with van der Waals surface area (Å²) in [5.74, 6) is -0.890. The summed E-state index contributed by atoms with van der Waals surface area (Å²) in [6.45, 7) is 1.97. The number of carbonyl (C=O) groups is 1. The van der Waals surface area contributed by atoms with E-state index in [1.165, 1.54) is 6.07 Å². The number of halogens is 2. The fraction of sp³-hybridized carbons (Fsp3) is 0.364. The van der Waals surface area contributed by atoms with E-state index in [4.69, 9.17) is 10.5 Å². The second-order valence-corrected chi connectivity index (χ2v) is 4.21. The third-order valence-corrected chi connectivity index (χ3v) is 2.54. The maximum absolute atomic E-state index is 13.4. The molecule has 0 heterocycles. The third-order valence-electron chi connectivity index (χ3n) is 2.04. The van der Waals surface area contributed by atoms with Crippen LogP contribution in [0.5, 0.6) is 0 Å². The fourth-order valence-electron chi connectivity index (χ4n) is 1.26. The highest BCUT2D eigenvalue weighted by Gasteiger charge is 2.16. The lowest BCUT2D eigenvalue weighted by molar-refractivity contribution is -0.144. The zero-order valence-corrected chi connectivity index (χ0v) is 10.5. The average Bonchev–Trinajstić information content (AvgIpc) is 2.22. The Morgan fingerprint density at radius 3 is 2.88 bits per heavy atom. The minimum absolute atomic E-state index is 0.137. The van der Waals surface area contributed by atoms with Crippen molar-refractivity contribution in [3.63, 3.8) is 0 Å². The molecule has 0 saturated carbocycles. The third kappa shape index (κ3) is 3.57. The maximum Gasteiger partial charge on any atom is 0.323 e. The molecule has 0 aliphatic carbocycles. The molecule has 0 bridgehead atoms. The van der Waals surface area contributed by atoms with Crippen molar-refractivity contribution in [2.75, 3.05) is 6.61 Å². The first kappa shape index (κ1) is 13.1. The van der Waals surface area contributed by atoms with Crippen molar-refractivity contribution in [1.82, 2.24) is 0 Å². The van der Waals surface area contributed by atoms with Crippen molar-refractivity contribution in [3.8, 4) is 0 Å². The molecule has 1 rings (SSSR count). The summed E-state index contributed by atoms with van der Waals surface area (Å²) >= 11 is 3.15. The molecule has 0 aliphatic rings. The molecular weight excluding hydrogens is 277 g/mol. The zero-order chi connectivity index (χ0) is 12.1. The Bertz CT molecular complexity index is 384. The smallest absolute Gasteiger partial charge is 0.323 e. The molecule has 0 saturated heterocycles. The number of nitrogens with two attached hydrogens (primary N) is 1. The highest BCUT2D eigenvalue weighted by molar-refractivity contribution is 9.10. The lowest BCUT2D eigenvalue weighted by Gasteiger charge is -2.11. The van der Waals surface area contributed by atoms with E-state index in [0.717, 1.165) is 0 Å². The Kier molecular flexibility index (Phi) is 4.89. The number of hydrogen-bond acceptors (Lipinski definition) is 3. The molecule has 1 aromatic rings. The van der Waals surface area contributed by atoms with E-state index >= 15 is 0 Å². The predicted molar refractivity (Wildman–Crippen MR) is 62.4 cm³/mol. The predicted octanol–water partition coefficient (Wildman–Crippen LogP) is 2.02. The van der Waals surface area contributed by atoms with E-state index in [1.807, 2.05) is 0 Å². The first-order valence-corrected chi connectivity index (χ1v) is 5.70. The molecule has 3 nitrogen and oxygen atoms in total. The number of ether oxygens (including phenoxy) is 1. The van der Waals surface area contributed by atoms with Gasteiger partial charge in [-0.3, -0.25) is 4.79 Å². The van der Waals surface area contributed by atoms with E-state index in [9.17, 15) is 9.18 Å². The normalized spacial score (nSPS) is 12.2. The summed E-state index contributed by atoms with van der Waals surface area (Å²) in [6, 6.07) is 3.82. The van der Waals surface area contributed by atoms with Gasteiger partial charge in [0.1, 0.15) is 11.9 Å². The maximum atomic E-state index is 13.4. The van der Waals surface area contributed by atoms with Gasteiger partial charge in [-0.2, -0.15) is 0 Å². The van der Waals surface area contributed by atoms with Crippen LogP contribution in [0.1, 0.15) is 12.5 Å². The van der Waals surface area contributed by atoms with E-state index < -0.39 is 12.0 Å². The lowest BCUT2D eigenvalue weighted by Crippen LogP contribution is -2.34. The molecule has 0 aromatic heterocycles. The van der Waals surface area contributed by atoms with Crippen LogP contribution in [0.25, 0.3) is 0 Å². The van der Waals surface area contributed by atoms with Gasteiger partial charge in [-0.1, -0.05) is 22.0 Å². The van der Waals surface area contributed by atoms with Crippen LogP contribution in [0.2, 0.25) is 0 Å². The molecule has 0 aliphatic heterocycles. The van der Waals surface area contributed by atoms with Crippen molar-refractivity contribution < 1.29 is 13.9 Å². The Morgan fingerprint density at radius 2 is 2.31 bits per heavy atom. The lowest BCUT2D eigenvalue weighted by atomic mass is 10.1. The molecule has 5 heteroatoms. The molecule has 1 aromatic carbocycles. The zero-order valence-electron chi connectivity index (χ0n) is 8.87. The summed E-state index contributed by atoms with van der Waals surface area (Å²) in [5.41, 5.74) is 6.00. The van der Waals surface area contributed by atoms with Gasteiger partial charge < -0.3 is 10.5 Å². The van der Waals surface area contributed by atoms with Crippen LogP contribution in [0.3, 0.4) is 0 Å². The summed E-state index contributed by atoms with van der Waals surface area (Å²) in [4.78, 5) is 11.2. The molecule has 0 spiro atoms. The standard InChI is InChI=1S/C11H13BrFNO2/c1-2-16-11(15)10(14)5-7-3-4-8(12)6-9(7)13/h3-4,6,10H,2,5,14H2,1H3/t10-/m1/s1. The fourth-order valence-corrected chi connectivity index (χ4v) is 1.59. The van der Waals surface area contributed by atoms with Gasteiger partial charge in [0.05, 0.1) is 6.61 Å². The topological polar surface area (TPSA) is 52.3 Å². The molecule has 0 fully saturated rings. The van der Waals surface area contributed by atoms with Crippen LogP contribution in [0.4, 0.5) is 4.39 Å². The molecular formula is C11H13BrFNO2. The van der Waals surface area contributed by atoms with Gasteiger partial charge in [0.25, 0.3) is 0 Å². The molecule has 16 heavy (non-hydrogen) atoms. The van der Waals surface area contributed by atoms with Crippen molar-refractivity contribution in [3.05, 3.63) is 34.1 Å². The monoisotopic (exact) mass is 289 g/mol. The molecule has 0 amide bonds. The van der Waals surface area contributed by atoms with Crippen LogP contribution in [0, 0.1) is 5.82 Å². The highest BCUT2D eigenvalue weighted by Crippen LogP contribution is 2.16. The van der Waals surface area contributed by atoms with Crippen molar-refractivity contribution >= 4 is 21.9 Å². The Labute approximate surface area is 102 Å². The summed E-state index contributed by atoms with van der Waals surface area (Å²) in [5, 5.41) is 0. The number of carbonyl (C=O) groups excluding carboxylic acids is 1. The van der Waals surface area contributed by atoms with Crippen LogP contribution >= 0.6 is 15.9 Å². The van der Waals surface area contributed by atoms with Gasteiger partial charge in [0.15, 0.2) is 0 Å². The Morgan fingerprint density at radius 1 is 1.62 bits per heavy atom. The molecule has 2 N–H and O–H groups in total. The van der Waals surface area contributed by atoms with Gasteiger partial charge in [0.2, 0.25) is 0 Å². The van der Waals surface area contributed by atoms with Crippen LogP contribution in [-0.2, 0) is 16.0 Å². The molecule has 0 unspecified atom stereocenters. The quantitative estimate of drug-likeness (QED) is 0.863. The van der Waals surface area contributed by atoms with Crippen molar-refractivity contribution in [2.24, 2.45) is 5.73 Å². The summed E-state index contributed by atoms with van der Waals surface area (Å²) < 4.78 is 18.8. The van der Waals surface area contributed by atoms with E-state index in [1.54, 1.807) is 19.1 Å². The van der Waals surface area contributed by atoms with E-state index in [2.05, 4.69) is 15.9 Å². The SMILES string of the molecule is CCOC(=O)[C@H](N)Cc1ccc(Br)cc1F. The van der Waals surface area contributed by atoms with Crippen LogP contribution in [0.15, 0.2) is 22.7 Å². The average molecular weight is 290 g/mol. The molecule has 0 radical (unpaired) electrons. The first-order valence-electron chi connectivity index (χ1n) is 4.90. The first-order chi connectivity index (χ1) is 7.54. The van der Waals surface area contributed by atoms with Crippen molar-refractivity contribution in [2.45, 2.75) is 19.4 Å². The highest BCUT2D eigenvalue weighted by atomic mass is 79.9.